The standard InChI is InChI=1S/C17H15FN4O/c1-11-8-9-14(10-15(11)18)22-12(2)16(20-21-22)17(23)19-13-6-4-3-5-7-13/h3-10H,1-2H3,(H,19,23). The molecule has 2 aromatic carbocycles. The Hall–Kier alpha value is -3.02. The zero-order chi connectivity index (χ0) is 16.4. The lowest BCUT2D eigenvalue weighted by Crippen LogP contribution is -2.14. The fourth-order valence-electron chi connectivity index (χ4n) is 2.21. The number of hydrogen-bond acceptors (Lipinski definition) is 3. The molecular weight excluding hydrogens is 295 g/mol. The highest BCUT2D eigenvalue weighted by Gasteiger charge is 2.17. The van der Waals surface area contributed by atoms with E-state index in [0.29, 0.717) is 22.6 Å². The monoisotopic (exact) mass is 310 g/mol. The summed E-state index contributed by atoms with van der Waals surface area (Å²) in [6, 6.07) is 13.9. The van der Waals surface area contributed by atoms with Crippen LogP contribution in [0.3, 0.4) is 0 Å². The Morgan fingerprint density at radius 2 is 1.87 bits per heavy atom. The Labute approximate surface area is 132 Å². The van der Waals surface area contributed by atoms with E-state index in [2.05, 4.69) is 15.6 Å². The van der Waals surface area contributed by atoms with E-state index in [1.807, 2.05) is 18.2 Å². The maximum absolute atomic E-state index is 13.7. The van der Waals surface area contributed by atoms with Crippen molar-refractivity contribution in [2.24, 2.45) is 0 Å². The van der Waals surface area contributed by atoms with E-state index in [-0.39, 0.29) is 17.4 Å². The van der Waals surface area contributed by atoms with Crippen LogP contribution in [0.2, 0.25) is 0 Å². The van der Waals surface area contributed by atoms with Crippen molar-refractivity contribution in [2.45, 2.75) is 13.8 Å². The molecule has 23 heavy (non-hydrogen) atoms. The average molecular weight is 310 g/mol. The second-order valence-corrected chi connectivity index (χ2v) is 5.19. The van der Waals surface area contributed by atoms with Gasteiger partial charge in [0.2, 0.25) is 0 Å². The molecule has 6 heteroatoms. The number of anilines is 1. The largest absolute Gasteiger partial charge is 0.321 e. The molecule has 3 rings (SSSR count). The third-order valence-electron chi connectivity index (χ3n) is 3.54. The molecule has 0 atom stereocenters. The highest BCUT2D eigenvalue weighted by Crippen LogP contribution is 2.16. The van der Waals surface area contributed by atoms with Gasteiger partial charge in [-0.15, -0.1) is 5.10 Å². The minimum Gasteiger partial charge on any atom is -0.321 e. The predicted molar refractivity (Wildman–Crippen MR) is 85.2 cm³/mol. The summed E-state index contributed by atoms with van der Waals surface area (Å²) >= 11 is 0. The molecule has 1 aromatic heterocycles. The quantitative estimate of drug-likeness (QED) is 0.807. The minimum atomic E-state index is -0.354. The molecule has 0 aliphatic carbocycles. The number of rotatable bonds is 3. The van der Waals surface area contributed by atoms with Gasteiger partial charge < -0.3 is 5.32 Å². The van der Waals surface area contributed by atoms with Crippen molar-refractivity contribution >= 4 is 11.6 Å². The molecule has 0 unspecified atom stereocenters. The lowest BCUT2D eigenvalue weighted by Gasteiger charge is -2.06. The minimum absolute atomic E-state index is 0.204. The number of nitrogens with zero attached hydrogens (tertiary/aromatic N) is 3. The van der Waals surface area contributed by atoms with Gasteiger partial charge in [-0.1, -0.05) is 29.5 Å². The summed E-state index contributed by atoms with van der Waals surface area (Å²) in [4.78, 5) is 12.3. The lowest BCUT2D eigenvalue weighted by atomic mass is 10.2. The van der Waals surface area contributed by atoms with Gasteiger partial charge in [0.25, 0.3) is 5.91 Å². The van der Waals surface area contributed by atoms with Gasteiger partial charge >= 0.3 is 0 Å². The SMILES string of the molecule is Cc1ccc(-n2nnc(C(=O)Nc3ccccc3)c2C)cc1F. The molecule has 0 saturated heterocycles. The summed E-state index contributed by atoms with van der Waals surface area (Å²) in [6.07, 6.45) is 0. The first-order valence-corrected chi connectivity index (χ1v) is 7.11. The van der Waals surface area contributed by atoms with E-state index in [1.54, 1.807) is 38.1 Å². The highest BCUT2D eigenvalue weighted by molar-refractivity contribution is 6.03. The molecule has 0 fully saturated rings. The Balaban J connectivity index is 1.89. The van der Waals surface area contributed by atoms with Gasteiger partial charge in [0.1, 0.15) is 5.82 Å². The van der Waals surface area contributed by atoms with E-state index in [1.165, 1.54) is 10.7 Å². The zero-order valence-corrected chi connectivity index (χ0v) is 12.7. The molecule has 116 valence electrons. The number of aryl methyl sites for hydroxylation is 1. The van der Waals surface area contributed by atoms with Crippen LogP contribution in [-0.2, 0) is 0 Å². The van der Waals surface area contributed by atoms with E-state index >= 15 is 0 Å². The van der Waals surface area contributed by atoms with Gasteiger partial charge in [-0.25, -0.2) is 9.07 Å². The fraction of sp³-hybridized carbons (Fsp3) is 0.118. The zero-order valence-electron chi connectivity index (χ0n) is 12.7. The number of carbonyl (C=O) groups is 1. The fourth-order valence-corrected chi connectivity index (χ4v) is 2.21. The van der Waals surface area contributed by atoms with Crippen molar-refractivity contribution in [2.75, 3.05) is 5.32 Å². The average Bonchev–Trinajstić information content (AvgIpc) is 2.93. The van der Waals surface area contributed by atoms with Gasteiger partial charge in [0.15, 0.2) is 5.69 Å². The first-order valence-electron chi connectivity index (χ1n) is 7.11. The maximum Gasteiger partial charge on any atom is 0.278 e. The third kappa shape index (κ3) is 2.96. The second-order valence-electron chi connectivity index (χ2n) is 5.19. The van der Waals surface area contributed by atoms with Crippen LogP contribution in [0.25, 0.3) is 5.69 Å². The molecule has 1 amide bonds. The lowest BCUT2D eigenvalue weighted by molar-refractivity contribution is 0.102. The first-order chi connectivity index (χ1) is 11.1. The summed E-state index contributed by atoms with van der Waals surface area (Å²) in [7, 11) is 0. The summed E-state index contributed by atoms with van der Waals surface area (Å²) in [5, 5.41) is 10.6. The third-order valence-corrected chi connectivity index (χ3v) is 3.54. The van der Waals surface area contributed by atoms with Gasteiger partial charge in [0.05, 0.1) is 11.4 Å². The van der Waals surface area contributed by atoms with Crippen LogP contribution in [0.4, 0.5) is 10.1 Å². The molecule has 0 aliphatic rings. The smallest absolute Gasteiger partial charge is 0.278 e. The molecule has 1 N–H and O–H groups in total. The number of hydrogen-bond donors (Lipinski definition) is 1. The Bertz CT molecular complexity index is 858. The Kier molecular flexibility index (Phi) is 3.89. The molecule has 5 nitrogen and oxygen atoms in total. The van der Waals surface area contributed by atoms with E-state index in [0.717, 1.165) is 0 Å². The summed E-state index contributed by atoms with van der Waals surface area (Å²) in [6.45, 7) is 3.41. The summed E-state index contributed by atoms with van der Waals surface area (Å²) in [5.41, 5.74) is 2.50. The summed E-state index contributed by atoms with van der Waals surface area (Å²) < 4.78 is 15.2. The van der Waals surface area contributed by atoms with Crippen molar-refractivity contribution in [3.63, 3.8) is 0 Å². The van der Waals surface area contributed by atoms with Gasteiger partial charge in [-0.2, -0.15) is 0 Å². The molecule has 1 heterocycles. The van der Waals surface area contributed by atoms with Crippen molar-refractivity contribution in [3.8, 4) is 5.69 Å². The maximum atomic E-state index is 13.7. The molecular formula is C17H15FN4O. The number of amides is 1. The molecule has 0 aliphatic heterocycles. The number of halogens is 1. The van der Waals surface area contributed by atoms with Crippen molar-refractivity contribution in [1.29, 1.82) is 0 Å². The van der Waals surface area contributed by atoms with Crippen LogP contribution < -0.4 is 5.32 Å². The molecule has 0 spiro atoms. The highest BCUT2D eigenvalue weighted by atomic mass is 19.1. The van der Waals surface area contributed by atoms with Crippen LogP contribution >= 0.6 is 0 Å². The van der Waals surface area contributed by atoms with Crippen molar-refractivity contribution < 1.29 is 9.18 Å². The number of benzene rings is 2. The van der Waals surface area contributed by atoms with Crippen molar-refractivity contribution in [3.05, 3.63) is 71.3 Å². The summed E-state index contributed by atoms with van der Waals surface area (Å²) in [5.74, 6) is -0.680. The number of nitrogens with one attached hydrogen (secondary N) is 1. The van der Waals surface area contributed by atoms with Gasteiger partial charge in [-0.05, 0) is 43.7 Å². The van der Waals surface area contributed by atoms with Crippen LogP contribution in [0.15, 0.2) is 48.5 Å². The van der Waals surface area contributed by atoms with E-state index in [4.69, 9.17) is 0 Å². The van der Waals surface area contributed by atoms with E-state index < -0.39 is 0 Å². The predicted octanol–water partition coefficient (Wildman–Crippen LogP) is 3.28. The molecule has 0 radical (unpaired) electrons. The topological polar surface area (TPSA) is 59.8 Å². The van der Waals surface area contributed by atoms with Gasteiger partial charge in [-0.3, -0.25) is 4.79 Å². The van der Waals surface area contributed by atoms with Crippen LogP contribution in [0, 0.1) is 19.7 Å². The first kappa shape index (κ1) is 14.9. The van der Waals surface area contributed by atoms with Crippen molar-refractivity contribution in [1.82, 2.24) is 15.0 Å². The number of aromatic nitrogens is 3. The molecule has 0 bridgehead atoms. The second kappa shape index (κ2) is 6.00. The number of carbonyl (C=O) groups excluding carboxylic acids is 1. The number of para-hydroxylation sites is 1. The van der Waals surface area contributed by atoms with E-state index in [9.17, 15) is 9.18 Å². The normalized spacial score (nSPS) is 10.6. The Morgan fingerprint density at radius 3 is 2.57 bits per heavy atom. The molecule has 3 aromatic rings. The Morgan fingerprint density at radius 1 is 1.13 bits per heavy atom. The van der Waals surface area contributed by atoms with Crippen LogP contribution in [-0.4, -0.2) is 20.9 Å². The van der Waals surface area contributed by atoms with Gasteiger partial charge in [0, 0.05) is 5.69 Å². The van der Waals surface area contributed by atoms with Crippen LogP contribution in [0.5, 0.6) is 0 Å². The van der Waals surface area contributed by atoms with Crippen LogP contribution in [0.1, 0.15) is 21.7 Å². The molecule has 0 saturated carbocycles.